The fourth-order valence-corrected chi connectivity index (χ4v) is 2.79. The predicted octanol–water partition coefficient (Wildman–Crippen LogP) is 3.30. The van der Waals surface area contributed by atoms with Crippen molar-refractivity contribution in [3.05, 3.63) is 77.5 Å². The molecule has 0 saturated carbocycles. The first-order chi connectivity index (χ1) is 12.5. The summed E-state index contributed by atoms with van der Waals surface area (Å²) in [5, 5.41) is 13.0. The van der Waals surface area contributed by atoms with Crippen LogP contribution < -0.4 is 5.32 Å². The summed E-state index contributed by atoms with van der Waals surface area (Å²) in [6, 6.07) is 14.4. The van der Waals surface area contributed by atoms with Crippen LogP contribution in [0.1, 0.15) is 16.7 Å². The molecule has 0 saturated heterocycles. The van der Waals surface area contributed by atoms with Gasteiger partial charge in [0.25, 0.3) is 0 Å². The summed E-state index contributed by atoms with van der Waals surface area (Å²) in [6.45, 7) is 1.99. The van der Waals surface area contributed by atoms with Crippen molar-refractivity contribution in [2.24, 2.45) is 0 Å². The van der Waals surface area contributed by atoms with Crippen LogP contribution in [-0.2, 0) is 16.0 Å². The molecule has 1 heterocycles. The lowest BCUT2D eigenvalue weighted by Crippen LogP contribution is -2.41. The summed E-state index contributed by atoms with van der Waals surface area (Å²) < 4.78 is 0. The fraction of sp³-hybridized carbons (Fsp3) is 0.143. The van der Waals surface area contributed by atoms with Gasteiger partial charge in [-0.3, -0.25) is 4.79 Å². The lowest BCUT2D eigenvalue weighted by Gasteiger charge is -2.12. The third kappa shape index (κ3) is 4.19. The van der Waals surface area contributed by atoms with E-state index in [1.165, 1.54) is 6.08 Å². The average Bonchev–Trinajstić information content (AvgIpc) is 3.04. The van der Waals surface area contributed by atoms with Gasteiger partial charge < -0.3 is 15.4 Å². The van der Waals surface area contributed by atoms with E-state index in [1.54, 1.807) is 12.3 Å². The van der Waals surface area contributed by atoms with Gasteiger partial charge in [-0.1, -0.05) is 48.0 Å². The molecular weight excluding hydrogens is 328 g/mol. The molecule has 2 aromatic carbocycles. The van der Waals surface area contributed by atoms with Gasteiger partial charge in [-0.15, -0.1) is 0 Å². The van der Waals surface area contributed by atoms with E-state index in [-0.39, 0.29) is 6.42 Å². The van der Waals surface area contributed by atoms with E-state index in [0.717, 1.165) is 27.6 Å². The van der Waals surface area contributed by atoms with Crippen molar-refractivity contribution >= 4 is 28.9 Å². The first kappa shape index (κ1) is 17.5. The molecule has 0 radical (unpaired) electrons. The molecule has 5 heteroatoms. The molecular formula is C21H20N2O3. The number of aryl methyl sites for hydroxylation is 1. The molecule has 0 aliphatic carbocycles. The molecule has 3 rings (SSSR count). The van der Waals surface area contributed by atoms with Gasteiger partial charge in [0, 0.05) is 29.6 Å². The van der Waals surface area contributed by atoms with Gasteiger partial charge in [0.2, 0.25) is 5.91 Å². The van der Waals surface area contributed by atoms with Crippen molar-refractivity contribution in [3.8, 4) is 0 Å². The van der Waals surface area contributed by atoms with Crippen LogP contribution >= 0.6 is 0 Å². The number of rotatable bonds is 6. The first-order valence-corrected chi connectivity index (χ1v) is 8.36. The zero-order valence-electron chi connectivity index (χ0n) is 14.4. The lowest BCUT2D eigenvalue weighted by molar-refractivity contribution is -0.141. The molecule has 26 heavy (non-hydrogen) atoms. The minimum absolute atomic E-state index is 0.212. The summed E-state index contributed by atoms with van der Waals surface area (Å²) in [5.74, 6) is -1.50. The highest BCUT2D eigenvalue weighted by molar-refractivity contribution is 5.94. The topological polar surface area (TPSA) is 82.2 Å². The van der Waals surface area contributed by atoms with Crippen molar-refractivity contribution in [1.82, 2.24) is 10.3 Å². The molecule has 0 aliphatic heterocycles. The van der Waals surface area contributed by atoms with Crippen LogP contribution in [0.15, 0.2) is 60.8 Å². The van der Waals surface area contributed by atoms with Gasteiger partial charge >= 0.3 is 5.97 Å². The Morgan fingerprint density at radius 2 is 1.88 bits per heavy atom. The highest BCUT2D eigenvalue weighted by Crippen LogP contribution is 2.19. The number of carbonyl (C=O) groups excluding carboxylic acids is 1. The molecule has 0 bridgehead atoms. The Labute approximate surface area is 151 Å². The summed E-state index contributed by atoms with van der Waals surface area (Å²) >= 11 is 0. The number of carboxylic acid groups (broad SMARTS) is 1. The molecule has 1 aromatic heterocycles. The summed E-state index contributed by atoms with van der Waals surface area (Å²) in [5.41, 5.74) is 3.82. The molecule has 3 aromatic rings. The Kier molecular flexibility index (Phi) is 5.17. The maximum absolute atomic E-state index is 12.1. The Morgan fingerprint density at radius 3 is 2.62 bits per heavy atom. The summed E-state index contributed by atoms with van der Waals surface area (Å²) in [7, 11) is 0. The van der Waals surface area contributed by atoms with E-state index >= 15 is 0 Å². The first-order valence-electron chi connectivity index (χ1n) is 8.36. The smallest absolute Gasteiger partial charge is 0.326 e. The third-order valence-corrected chi connectivity index (χ3v) is 4.22. The molecule has 0 fully saturated rings. The quantitative estimate of drug-likeness (QED) is 0.598. The van der Waals surface area contributed by atoms with Gasteiger partial charge in [0.15, 0.2) is 0 Å². The second-order valence-corrected chi connectivity index (χ2v) is 6.21. The number of aromatic nitrogens is 1. The zero-order chi connectivity index (χ0) is 18.5. The molecule has 3 N–H and O–H groups in total. The highest BCUT2D eigenvalue weighted by atomic mass is 16.4. The number of benzene rings is 2. The van der Waals surface area contributed by atoms with Crippen molar-refractivity contribution in [2.75, 3.05) is 0 Å². The van der Waals surface area contributed by atoms with Gasteiger partial charge in [0.05, 0.1) is 0 Å². The van der Waals surface area contributed by atoms with Crippen LogP contribution in [0.4, 0.5) is 0 Å². The number of H-pyrrole nitrogens is 1. The van der Waals surface area contributed by atoms with Crippen molar-refractivity contribution in [3.63, 3.8) is 0 Å². The van der Waals surface area contributed by atoms with Crippen LogP contribution in [0, 0.1) is 6.92 Å². The number of hydrogen-bond acceptors (Lipinski definition) is 2. The summed E-state index contributed by atoms with van der Waals surface area (Å²) in [4.78, 5) is 26.8. The maximum Gasteiger partial charge on any atom is 0.326 e. The van der Waals surface area contributed by atoms with Gasteiger partial charge in [-0.05, 0) is 30.2 Å². The van der Waals surface area contributed by atoms with Gasteiger partial charge in [0.1, 0.15) is 6.04 Å². The number of carboxylic acids is 1. The van der Waals surface area contributed by atoms with E-state index in [4.69, 9.17) is 0 Å². The van der Waals surface area contributed by atoms with Gasteiger partial charge in [-0.2, -0.15) is 0 Å². The Balaban J connectivity index is 1.69. The molecule has 0 spiro atoms. The Morgan fingerprint density at radius 1 is 1.15 bits per heavy atom. The number of fused-ring (bicyclic) bond motifs is 1. The second kappa shape index (κ2) is 7.70. The van der Waals surface area contributed by atoms with E-state index in [1.807, 2.05) is 55.5 Å². The SMILES string of the molecule is Cc1ccc(C=CC(=O)N[C@@H](Cc2c[nH]c3ccccc23)C(=O)O)cc1. The lowest BCUT2D eigenvalue weighted by atomic mass is 10.0. The number of hydrogen-bond donors (Lipinski definition) is 3. The van der Waals surface area contributed by atoms with E-state index in [9.17, 15) is 14.7 Å². The van der Waals surface area contributed by atoms with Crippen LogP contribution in [0.2, 0.25) is 0 Å². The Bertz CT molecular complexity index is 955. The van der Waals surface area contributed by atoms with Crippen molar-refractivity contribution in [1.29, 1.82) is 0 Å². The van der Waals surface area contributed by atoms with E-state index in [2.05, 4.69) is 10.3 Å². The second-order valence-electron chi connectivity index (χ2n) is 6.21. The van der Waals surface area contributed by atoms with E-state index in [0.29, 0.717) is 0 Å². The number of amides is 1. The van der Waals surface area contributed by atoms with Crippen LogP contribution in [0.3, 0.4) is 0 Å². The predicted molar refractivity (Wildman–Crippen MR) is 102 cm³/mol. The number of nitrogens with one attached hydrogen (secondary N) is 2. The van der Waals surface area contributed by atoms with Crippen LogP contribution in [0.5, 0.6) is 0 Å². The van der Waals surface area contributed by atoms with Gasteiger partial charge in [-0.25, -0.2) is 4.79 Å². The van der Waals surface area contributed by atoms with Crippen molar-refractivity contribution < 1.29 is 14.7 Å². The van der Waals surface area contributed by atoms with E-state index < -0.39 is 17.9 Å². The summed E-state index contributed by atoms with van der Waals surface area (Å²) in [6.07, 6.45) is 5.02. The maximum atomic E-state index is 12.1. The van der Waals surface area contributed by atoms with Crippen LogP contribution in [0.25, 0.3) is 17.0 Å². The third-order valence-electron chi connectivity index (χ3n) is 4.22. The monoisotopic (exact) mass is 348 g/mol. The highest BCUT2D eigenvalue weighted by Gasteiger charge is 2.20. The molecule has 1 amide bonds. The number of aliphatic carboxylic acids is 1. The molecule has 132 valence electrons. The minimum atomic E-state index is -1.06. The van der Waals surface area contributed by atoms with Crippen molar-refractivity contribution in [2.45, 2.75) is 19.4 Å². The van der Waals surface area contributed by atoms with Crippen LogP contribution in [-0.4, -0.2) is 28.0 Å². The number of carbonyl (C=O) groups is 2. The molecule has 1 atom stereocenters. The average molecular weight is 348 g/mol. The molecule has 0 unspecified atom stereocenters. The molecule has 5 nitrogen and oxygen atoms in total. The zero-order valence-corrected chi connectivity index (χ0v) is 14.4. The number of aromatic amines is 1. The normalized spacial score (nSPS) is 12.3. The number of para-hydroxylation sites is 1. The Hall–Kier alpha value is -3.34. The molecule has 0 aliphatic rings. The standard InChI is InChI=1S/C21H20N2O3/c1-14-6-8-15(9-7-14)10-11-20(24)23-19(21(25)26)12-16-13-22-18-5-3-2-4-17(16)18/h2-11,13,19,22H,12H2,1H3,(H,23,24)(H,25,26)/t19-/m0/s1. The minimum Gasteiger partial charge on any atom is -0.480 e. The fourth-order valence-electron chi connectivity index (χ4n) is 2.79. The largest absolute Gasteiger partial charge is 0.480 e.